The van der Waals surface area contributed by atoms with Crippen molar-refractivity contribution < 1.29 is 8.83 Å². The highest BCUT2D eigenvalue weighted by Crippen LogP contribution is 2.52. The Balaban J connectivity index is 1.05. The van der Waals surface area contributed by atoms with Crippen LogP contribution in [0.4, 0.5) is 45.5 Å². The summed E-state index contributed by atoms with van der Waals surface area (Å²) >= 11 is 0. The molecule has 4 aromatic heterocycles. The molecule has 0 aliphatic rings. The van der Waals surface area contributed by atoms with E-state index in [4.69, 9.17) is 22.0 Å². The summed E-state index contributed by atoms with van der Waals surface area (Å²) in [4.78, 5) is 12.8. The lowest BCUT2D eigenvalue weighted by atomic mass is 10.00. The zero-order valence-electron chi connectivity index (χ0n) is 42.3. The summed E-state index contributed by atoms with van der Waals surface area (Å²) < 4.78 is 17.4. The molecular weight excluding hydrogens is 985 g/mol. The lowest BCUT2D eigenvalue weighted by Gasteiger charge is -2.25. The molecular formula is C70H38N8O2. The van der Waals surface area contributed by atoms with Crippen LogP contribution in [0.2, 0.25) is 0 Å². The van der Waals surface area contributed by atoms with Gasteiger partial charge in [0.1, 0.15) is 22.3 Å². The Bertz CT molecular complexity index is 4780. The Labute approximate surface area is 457 Å². The fraction of sp³-hybridized carbons (Fsp3) is 0. The molecule has 0 atom stereocenters. The minimum atomic E-state index is -0.0777. The van der Waals surface area contributed by atoms with Crippen LogP contribution in [0.3, 0.4) is 0 Å². The molecule has 0 fully saturated rings. The third kappa shape index (κ3) is 6.61. The second-order valence-corrected chi connectivity index (χ2v) is 19.5. The fourth-order valence-corrected chi connectivity index (χ4v) is 12.1. The van der Waals surface area contributed by atoms with Gasteiger partial charge in [-0.3, -0.25) is 0 Å². The maximum absolute atomic E-state index is 11.7. The number of rotatable bonds is 8. The molecule has 370 valence electrons. The quantitative estimate of drug-likeness (QED) is 0.141. The van der Waals surface area contributed by atoms with Gasteiger partial charge in [-0.1, -0.05) is 109 Å². The first-order chi connectivity index (χ1) is 39.6. The number of nitrogens with zero attached hydrogens (tertiary/aromatic N) is 8. The predicted octanol–water partition coefficient (Wildman–Crippen LogP) is 19.5. The molecule has 10 nitrogen and oxygen atoms in total. The standard InChI is InChI=1S/C70H38N8O2/c1-73-65-55(41-71)67(77-57-35-31-47(75(43-19-7-3-8-20-43)44-21-9-4-10-22-44)39-53(57)63-59(77)37-33-51-49-27-15-17-29-61(49)79-69(51)63)56(42-72)66(74-2)68(65)78-58-36-32-48(76(45-23-11-5-12-24-45)46-25-13-6-14-26-46)40-54(58)64-60(78)38-34-52-50-28-16-18-30-62(50)80-70(52)64/h3-40H. The molecule has 10 heteroatoms. The molecule has 0 saturated carbocycles. The molecule has 11 aromatic carbocycles. The van der Waals surface area contributed by atoms with Gasteiger partial charge < -0.3 is 27.8 Å². The third-order valence-electron chi connectivity index (χ3n) is 15.4. The molecule has 0 amide bonds. The van der Waals surface area contributed by atoms with Crippen LogP contribution in [0.1, 0.15) is 11.1 Å². The normalized spacial score (nSPS) is 11.4. The summed E-state index contributed by atoms with van der Waals surface area (Å²) in [5.74, 6) is 0. The Hall–Kier alpha value is -11.8. The second-order valence-electron chi connectivity index (χ2n) is 19.5. The molecule has 0 aliphatic carbocycles. The number of aromatic nitrogens is 2. The Morgan fingerprint density at radius 1 is 0.350 bits per heavy atom. The zero-order chi connectivity index (χ0) is 53.6. The van der Waals surface area contributed by atoms with Crippen molar-refractivity contribution in [1.29, 1.82) is 10.5 Å². The van der Waals surface area contributed by atoms with Crippen LogP contribution >= 0.6 is 0 Å². The van der Waals surface area contributed by atoms with Crippen molar-refractivity contribution in [3.05, 3.63) is 264 Å². The SMILES string of the molecule is [C-]#[N+]c1c(C#N)c(-n2c3ccc(N(c4ccccc4)c4ccccc4)cc3c3c4oc5ccccc5c4ccc32)c(C#N)c([N+]#[C-])c1-n1c2ccc(N(c3ccccc3)c3ccccc3)cc2c2c3oc4ccccc4c3ccc21. The minimum Gasteiger partial charge on any atom is -0.455 e. The van der Waals surface area contributed by atoms with Crippen molar-refractivity contribution in [1.82, 2.24) is 9.13 Å². The van der Waals surface area contributed by atoms with Gasteiger partial charge >= 0.3 is 0 Å². The Kier molecular flexibility index (Phi) is 10.2. The highest BCUT2D eigenvalue weighted by molar-refractivity contribution is 6.26. The van der Waals surface area contributed by atoms with E-state index in [-0.39, 0.29) is 33.9 Å². The molecule has 0 radical (unpaired) electrons. The van der Waals surface area contributed by atoms with Gasteiger partial charge in [0, 0.05) is 66.4 Å². The van der Waals surface area contributed by atoms with Gasteiger partial charge in [0.2, 0.25) is 11.4 Å². The highest BCUT2D eigenvalue weighted by atomic mass is 16.3. The summed E-state index contributed by atoms with van der Waals surface area (Å²) in [6.07, 6.45) is 0. The van der Waals surface area contributed by atoms with Crippen molar-refractivity contribution >= 4 is 133 Å². The maximum atomic E-state index is 11.7. The monoisotopic (exact) mass is 1020 g/mol. The average Bonchev–Trinajstić information content (AvgIpc) is 4.31. The molecule has 0 aliphatic heterocycles. The van der Waals surface area contributed by atoms with Crippen LogP contribution in [0.25, 0.3) is 109 Å². The van der Waals surface area contributed by atoms with E-state index in [0.717, 1.165) is 77.2 Å². The van der Waals surface area contributed by atoms with Crippen LogP contribution in [0.15, 0.2) is 239 Å². The molecule has 0 bridgehead atoms. The highest BCUT2D eigenvalue weighted by Gasteiger charge is 2.32. The van der Waals surface area contributed by atoms with Crippen LogP contribution in [-0.4, -0.2) is 9.13 Å². The van der Waals surface area contributed by atoms with Crippen molar-refractivity contribution in [3.8, 4) is 23.5 Å². The molecule has 15 aromatic rings. The molecule has 0 N–H and O–H groups in total. The van der Waals surface area contributed by atoms with Gasteiger partial charge in [0.25, 0.3) is 0 Å². The number of benzene rings is 11. The number of hydrogen-bond donors (Lipinski definition) is 0. The smallest absolute Gasteiger partial charge is 0.219 e. The summed E-state index contributed by atoms with van der Waals surface area (Å²) in [7, 11) is 0. The van der Waals surface area contributed by atoms with Crippen molar-refractivity contribution in [2.24, 2.45) is 0 Å². The van der Waals surface area contributed by atoms with Crippen molar-refractivity contribution in [2.75, 3.05) is 9.80 Å². The predicted molar refractivity (Wildman–Crippen MR) is 321 cm³/mol. The summed E-state index contributed by atoms with van der Waals surface area (Å²) in [5.41, 5.74) is 10.7. The van der Waals surface area contributed by atoms with Gasteiger partial charge in [-0.05, 0) is 121 Å². The van der Waals surface area contributed by atoms with Crippen LogP contribution in [-0.2, 0) is 0 Å². The molecule has 0 spiro atoms. The first-order valence-corrected chi connectivity index (χ1v) is 25.9. The number of fused-ring (bicyclic) bond motifs is 14. The summed E-state index contributed by atoms with van der Waals surface area (Å²) in [6, 6.07) is 81.5. The number of anilines is 6. The van der Waals surface area contributed by atoms with Gasteiger partial charge in [-0.2, -0.15) is 10.5 Å². The lowest BCUT2D eigenvalue weighted by molar-refractivity contribution is 0.672. The third-order valence-corrected chi connectivity index (χ3v) is 15.4. The lowest BCUT2D eigenvalue weighted by Crippen LogP contribution is -2.10. The van der Waals surface area contributed by atoms with E-state index in [2.05, 4.69) is 92.3 Å². The van der Waals surface area contributed by atoms with E-state index in [1.54, 1.807) is 0 Å². The number of furan rings is 2. The molecule has 15 rings (SSSR count). The maximum Gasteiger partial charge on any atom is 0.219 e. The molecule has 4 heterocycles. The van der Waals surface area contributed by atoms with Gasteiger partial charge in [-0.25, -0.2) is 9.69 Å². The minimum absolute atomic E-state index is 0.0579. The average molecular weight is 1020 g/mol. The molecule has 0 unspecified atom stereocenters. The largest absolute Gasteiger partial charge is 0.455 e. The van der Waals surface area contributed by atoms with Crippen LogP contribution < -0.4 is 9.80 Å². The van der Waals surface area contributed by atoms with Gasteiger partial charge in [-0.15, -0.1) is 0 Å². The molecule has 80 heavy (non-hydrogen) atoms. The van der Waals surface area contributed by atoms with E-state index in [9.17, 15) is 10.5 Å². The van der Waals surface area contributed by atoms with E-state index in [0.29, 0.717) is 44.4 Å². The fourth-order valence-electron chi connectivity index (χ4n) is 12.1. The van der Waals surface area contributed by atoms with Gasteiger partial charge in [0.05, 0.1) is 80.6 Å². The van der Waals surface area contributed by atoms with Crippen molar-refractivity contribution in [2.45, 2.75) is 0 Å². The van der Waals surface area contributed by atoms with E-state index in [1.165, 1.54) is 0 Å². The second kappa shape index (κ2) is 17.9. The number of hydrogen-bond acceptors (Lipinski definition) is 6. The topological polar surface area (TPSA) is 98.9 Å². The number of para-hydroxylation sites is 6. The van der Waals surface area contributed by atoms with E-state index in [1.807, 2.05) is 179 Å². The first-order valence-electron chi connectivity index (χ1n) is 25.9. The number of nitriles is 2. The first kappa shape index (κ1) is 45.6. The van der Waals surface area contributed by atoms with E-state index < -0.39 is 0 Å². The van der Waals surface area contributed by atoms with Gasteiger partial charge in [0.15, 0.2) is 0 Å². The summed E-state index contributed by atoms with van der Waals surface area (Å²) in [6.45, 7) is 18.2. The van der Waals surface area contributed by atoms with Crippen molar-refractivity contribution in [3.63, 3.8) is 0 Å². The Morgan fingerprint density at radius 3 is 1.07 bits per heavy atom. The van der Waals surface area contributed by atoms with E-state index >= 15 is 0 Å². The zero-order valence-corrected chi connectivity index (χ0v) is 42.3. The Morgan fingerprint density at radius 2 is 0.700 bits per heavy atom. The van der Waals surface area contributed by atoms with Crippen LogP contribution in [0, 0.1) is 35.8 Å². The van der Waals surface area contributed by atoms with Crippen LogP contribution in [0.5, 0.6) is 0 Å². The summed E-state index contributed by atoms with van der Waals surface area (Å²) in [5, 5.41) is 30.2. The molecule has 0 saturated heterocycles.